The molecule has 0 saturated heterocycles. The van der Waals surface area contributed by atoms with Gasteiger partial charge in [0.25, 0.3) is 0 Å². The predicted octanol–water partition coefficient (Wildman–Crippen LogP) is 5.84. The molecule has 146 valence electrons. The van der Waals surface area contributed by atoms with Crippen LogP contribution in [0.3, 0.4) is 0 Å². The summed E-state index contributed by atoms with van der Waals surface area (Å²) in [6.45, 7) is 4.78. The maximum Gasteiger partial charge on any atom is 0.154 e. The summed E-state index contributed by atoms with van der Waals surface area (Å²) in [6, 6.07) is 22.5. The van der Waals surface area contributed by atoms with Crippen LogP contribution in [0.25, 0.3) is 0 Å². The first-order chi connectivity index (χ1) is 14.2. The minimum atomic E-state index is 0.648. The topological polar surface area (TPSA) is 46.0 Å². The zero-order valence-electron chi connectivity index (χ0n) is 16.4. The van der Waals surface area contributed by atoms with Crippen LogP contribution < -0.4 is 10.2 Å². The average molecular weight is 448 g/mol. The Morgan fingerprint density at radius 1 is 0.897 bits per heavy atom. The van der Waals surface area contributed by atoms with Gasteiger partial charge in [-0.1, -0.05) is 41.1 Å². The van der Waals surface area contributed by atoms with Gasteiger partial charge in [0.1, 0.15) is 5.75 Å². The lowest BCUT2D eigenvalue weighted by molar-refractivity contribution is 0.340. The van der Waals surface area contributed by atoms with Crippen LogP contribution in [-0.4, -0.2) is 18.2 Å². The molecule has 0 radical (unpaired) electrons. The highest BCUT2D eigenvalue weighted by Gasteiger charge is 2.18. The first-order valence-electron chi connectivity index (χ1n) is 9.72. The van der Waals surface area contributed by atoms with Gasteiger partial charge in [-0.15, -0.1) is 0 Å². The van der Waals surface area contributed by atoms with Crippen LogP contribution in [0.2, 0.25) is 0 Å². The lowest BCUT2D eigenvalue weighted by Gasteiger charge is -2.10. The number of ether oxygens (including phenoxy) is 1. The number of halogens is 1. The highest BCUT2D eigenvalue weighted by Crippen LogP contribution is 2.28. The summed E-state index contributed by atoms with van der Waals surface area (Å²) in [5.74, 6) is 1.58. The maximum atomic E-state index is 5.58. The Morgan fingerprint density at radius 2 is 1.62 bits per heavy atom. The van der Waals surface area contributed by atoms with Crippen LogP contribution in [0.5, 0.6) is 5.75 Å². The van der Waals surface area contributed by atoms with Crippen molar-refractivity contribution in [2.75, 3.05) is 6.61 Å². The summed E-state index contributed by atoms with van der Waals surface area (Å²) >= 11 is 3.49. The molecule has 4 rings (SSSR count). The largest absolute Gasteiger partial charge is 0.494 e. The monoisotopic (exact) mass is 447 g/mol. The third-order valence-electron chi connectivity index (χ3n) is 4.79. The minimum absolute atomic E-state index is 0.648. The standard InChI is InChI=1S/C24H22BrN3O/c1-3-16-5-14-22-21(15-16)23(17-8-12-20(13-9-17)29-4-2)27-28-24(26-22)18-6-10-19(25)11-7-18/h5-15H,3-4H2,1-2H3,(H,26,28). The molecule has 1 N–H and O–H groups in total. The second kappa shape index (κ2) is 8.62. The van der Waals surface area contributed by atoms with E-state index >= 15 is 0 Å². The second-order valence-corrected chi connectivity index (χ2v) is 7.62. The van der Waals surface area contributed by atoms with Crippen molar-refractivity contribution in [3.63, 3.8) is 0 Å². The number of hydrogen-bond acceptors (Lipinski definition) is 4. The van der Waals surface area contributed by atoms with Crippen LogP contribution in [0.4, 0.5) is 5.69 Å². The van der Waals surface area contributed by atoms with Gasteiger partial charge in [-0.2, -0.15) is 5.10 Å². The van der Waals surface area contributed by atoms with Gasteiger partial charge in [0.15, 0.2) is 5.84 Å². The van der Waals surface area contributed by atoms with Gasteiger partial charge in [-0.3, -0.25) is 5.43 Å². The highest BCUT2D eigenvalue weighted by molar-refractivity contribution is 9.10. The Hall–Kier alpha value is -2.92. The van der Waals surface area contributed by atoms with Gasteiger partial charge in [-0.05, 0) is 67.4 Å². The molecular formula is C24H22BrN3O. The molecule has 0 atom stereocenters. The van der Waals surface area contributed by atoms with Crippen molar-refractivity contribution in [2.45, 2.75) is 20.3 Å². The summed E-state index contributed by atoms with van der Waals surface area (Å²) < 4.78 is 6.61. The number of rotatable bonds is 5. The van der Waals surface area contributed by atoms with Crippen LogP contribution in [-0.2, 0) is 6.42 Å². The molecule has 3 aromatic rings. The van der Waals surface area contributed by atoms with E-state index in [0.29, 0.717) is 6.61 Å². The SMILES string of the molecule is CCOc1ccc(C2=NNC(c3ccc(Br)cc3)=Nc3ccc(CC)cc32)cc1. The summed E-state index contributed by atoms with van der Waals surface area (Å²) in [5, 5.41) is 4.75. The third kappa shape index (κ3) is 4.25. The lowest BCUT2D eigenvalue weighted by Crippen LogP contribution is -2.19. The van der Waals surface area contributed by atoms with Gasteiger partial charge >= 0.3 is 0 Å². The Kier molecular flexibility index (Phi) is 5.76. The van der Waals surface area contributed by atoms with Gasteiger partial charge in [0, 0.05) is 21.2 Å². The number of aliphatic imine (C=N–C) groups is 1. The molecule has 0 aliphatic carbocycles. The van der Waals surface area contributed by atoms with E-state index in [1.807, 2.05) is 55.5 Å². The lowest BCUT2D eigenvalue weighted by atomic mass is 9.98. The van der Waals surface area contributed by atoms with E-state index in [9.17, 15) is 0 Å². The fourth-order valence-corrected chi connectivity index (χ4v) is 3.50. The molecule has 1 heterocycles. The summed E-state index contributed by atoms with van der Waals surface area (Å²) in [7, 11) is 0. The number of benzene rings is 3. The van der Waals surface area contributed by atoms with E-state index in [0.717, 1.165) is 50.6 Å². The number of hydrazone groups is 1. The maximum absolute atomic E-state index is 5.58. The molecule has 0 spiro atoms. The zero-order chi connectivity index (χ0) is 20.2. The Morgan fingerprint density at radius 3 is 2.31 bits per heavy atom. The predicted molar refractivity (Wildman–Crippen MR) is 123 cm³/mol. The van der Waals surface area contributed by atoms with Crippen molar-refractivity contribution >= 4 is 33.2 Å². The zero-order valence-corrected chi connectivity index (χ0v) is 18.0. The molecule has 0 unspecified atom stereocenters. The Balaban J connectivity index is 1.80. The van der Waals surface area contributed by atoms with Crippen LogP contribution in [0.15, 0.2) is 81.3 Å². The molecule has 0 bridgehead atoms. The number of fused-ring (bicyclic) bond motifs is 1. The van der Waals surface area contributed by atoms with E-state index in [2.05, 4.69) is 46.5 Å². The number of nitrogens with one attached hydrogen (secondary N) is 1. The van der Waals surface area contributed by atoms with Crippen molar-refractivity contribution in [1.82, 2.24) is 5.43 Å². The fourth-order valence-electron chi connectivity index (χ4n) is 3.24. The number of aryl methyl sites for hydroxylation is 1. The fraction of sp³-hybridized carbons (Fsp3) is 0.167. The smallest absolute Gasteiger partial charge is 0.154 e. The molecule has 1 aliphatic rings. The molecule has 0 fully saturated rings. The van der Waals surface area contributed by atoms with Gasteiger partial charge in [-0.25, -0.2) is 4.99 Å². The van der Waals surface area contributed by atoms with E-state index in [1.54, 1.807) is 0 Å². The summed E-state index contributed by atoms with van der Waals surface area (Å²) in [6.07, 6.45) is 0.959. The van der Waals surface area contributed by atoms with Crippen molar-refractivity contribution in [2.24, 2.45) is 10.1 Å². The summed E-state index contributed by atoms with van der Waals surface area (Å²) in [4.78, 5) is 4.89. The van der Waals surface area contributed by atoms with E-state index in [-0.39, 0.29) is 0 Å². The summed E-state index contributed by atoms with van der Waals surface area (Å²) in [5.41, 5.74) is 9.23. The first-order valence-corrected chi connectivity index (χ1v) is 10.5. The van der Waals surface area contributed by atoms with Crippen molar-refractivity contribution < 1.29 is 4.74 Å². The van der Waals surface area contributed by atoms with Crippen molar-refractivity contribution in [3.05, 3.63) is 93.5 Å². The number of hydrogen-bond donors (Lipinski definition) is 1. The Bertz CT molecular complexity index is 1070. The van der Waals surface area contributed by atoms with Crippen molar-refractivity contribution in [1.29, 1.82) is 0 Å². The molecule has 3 aromatic carbocycles. The van der Waals surface area contributed by atoms with Crippen molar-refractivity contribution in [3.8, 4) is 5.75 Å². The van der Waals surface area contributed by atoms with Gasteiger partial charge in [0.2, 0.25) is 0 Å². The molecule has 0 saturated carbocycles. The van der Waals surface area contributed by atoms with Gasteiger partial charge in [0.05, 0.1) is 18.0 Å². The molecule has 5 heteroatoms. The van der Waals surface area contributed by atoms with Crippen LogP contribution >= 0.6 is 15.9 Å². The minimum Gasteiger partial charge on any atom is -0.494 e. The highest BCUT2D eigenvalue weighted by atomic mass is 79.9. The molecule has 0 aromatic heterocycles. The van der Waals surface area contributed by atoms with Crippen LogP contribution in [0, 0.1) is 0 Å². The van der Waals surface area contributed by atoms with Gasteiger partial charge < -0.3 is 4.74 Å². The molecule has 29 heavy (non-hydrogen) atoms. The molecule has 4 nitrogen and oxygen atoms in total. The van der Waals surface area contributed by atoms with Crippen LogP contribution in [0.1, 0.15) is 36.1 Å². The van der Waals surface area contributed by atoms with E-state index in [1.165, 1.54) is 5.56 Å². The molecular weight excluding hydrogens is 426 g/mol. The van der Waals surface area contributed by atoms with E-state index < -0.39 is 0 Å². The number of nitrogens with zero attached hydrogens (tertiary/aromatic N) is 2. The molecule has 1 aliphatic heterocycles. The third-order valence-corrected chi connectivity index (χ3v) is 5.32. The number of amidine groups is 1. The average Bonchev–Trinajstić information content (AvgIpc) is 2.94. The Labute approximate surface area is 179 Å². The first kappa shape index (κ1) is 19.4. The second-order valence-electron chi connectivity index (χ2n) is 6.70. The normalized spacial score (nSPS) is 12.9. The quantitative estimate of drug-likeness (QED) is 0.533. The molecule has 0 amide bonds. The van der Waals surface area contributed by atoms with E-state index in [4.69, 9.17) is 14.8 Å².